The number of rotatable bonds is 2. The topological polar surface area (TPSA) is 119 Å². The van der Waals surface area contributed by atoms with Gasteiger partial charge in [-0.2, -0.15) is 4.98 Å². The fourth-order valence-electron chi connectivity index (χ4n) is 2.24. The van der Waals surface area contributed by atoms with Crippen molar-refractivity contribution in [2.45, 2.75) is 12.1 Å². The average molecular weight is 263 g/mol. The molecule has 2 atom stereocenters. The van der Waals surface area contributed by atoms with Gasteiger partial charge in [-0.25, -0.2) is 4.98 Å². The molecule has 0 unspecified atom stereocenters. The van der Waals surface area contributed by atoms with Crippen LogP contribution in [-0.2, 0) is 4.74 Å². The van der Waals surface area contributed by atoms with E-state index >= 15 is 0 Å². The van der Waals surface area contributed by atoms with E-state index in [1.807, 2.05) is 0 Å². The first-order chi connectivity index (χ1) is 9.11. The largest absolute Gasteiger partial charge is 0.393 e. The van der Waals surface area contributed by atoms with Crippen LogP contribution in [0.15, 0.2) is 23.3 Å². The average Bonchev–Trinajstić information content (AvgIpc) is 2.92. The second-order valence-electron chi connectivity index (χ2n) is 4.37. The molecule has 100 valence electrons. The molecule has 0 aromatic carbocycles. The lowest BCUT2D eigenvalue weighted by atomic mass is 10.1. The molecule has 1 saturated heterocycles. The van der Waals surface area contributed by atoms with Gasteiger partial charge in [-0.3, -0.25) is 9.78 Å². The molecular weight excluding hydrogens is 250 g/mol. The molecule has 0 radical (unpaired) electrons. The van der Waals surface area contributed by atoms with E-state index in [1.54, 1.807) is 4.57 Å². The van der Waals surface area contributed by atoms with Crippen molar-refractivity contribution < 1.29 is 9.84 Å². The number of hydrogen-bond acceptors (Lipinski definition) is 6. The first-order valence-electron chi connectivity index (χ1n) is 5.75. The smallest absolute Gasteiger partial charge is 0.280 e. The van der Waals surface area contributed by atoms with Crippen LogP contribution in [-0.4, -0.2) is 43.9 Å². The molecule has 2 aromatic heterocycles. The molecule has 4 N–H and O–H groups in total. The summed E-state index contributed by atoms with van der Waals surface area (Å²) in [5, 5.41) is 9.15. The number of ether oxygens (including phenoxy) is 1. The quantitative estimate of drug-likeness (QED) is 0.610. The van der Waals surface area contributed by atoms with Gasteiger partial charge in [-0.1, -0.05) is 6.58 Å². The fraction of sp³-hybridized carbons (Fsp3) is 0.364. The van der Waals surface area contributed by atoms with Crippen molar-refractivity contribution >= 4 is 17.1 Å². The Bertz CT molecular complexity index is 704. The highest BCUT2D eigenvalue weighted by atomic mass is 16.5. The highest BCUT2D eigenvalue weighted by Gasteiger charge is 2.31. The Kier molecular flexibility index (Phi) is 2.61. The summed E-state index contributed by atoms with van der Waals surface area (Å²) in [6.07, 6.45) is 1.10. The van der Waals surface area contributed by atoms with Crippen LogP contribution in [0.2, 0.25) is 0 Å². The lowest BCUT2D eigenvalue weighted by Crippen LogP contribution is -2.16. The number of H-pyrrole nitrogens is 1. The summed E-state index contributed by atoms with van der Waals surface area (Å²) in [6.45, 7) is 4.14. The summed E-state index contributed by atoms with van der Waals surface area (Å²) in [6, 6.07) is -0.212. The van der Waals surface area contributed by atoms with E-state index in [2.05, 4.69) is 21.5 Å². The third kappa shape index (κ3) is 1.72. The van der Waals surface area contributed by atoms with Crippen molar-refractivity contribution in [2.75, 3.05) is 18.9 Å². The third-order valence-corrected chi connectivity index (χ3v) is 3.25. The Balaban J connectivity index is 2.12. The maximum absolute atomic E-state index is 11.7. The molecule has 8 nitrogen and oxygen atoms in total. The summed E-state index contributed by atoms with van der Waals surface area (Å²) in [5.41, 5.74) is 6.48. The Hall–Kier alpha value is -2.19. The van der Waals surface area contributed by atoms with Crippen molar-refractivity contribution in [1.82, 2.24) is 19.5 Å². The number of fused-ring (bicyclic) bond motifs is 1. The molecule has 3 heterocycles. The molecule has 0 aliphatic carbocycles. The number of aliphatic hydroxyl groups is 1. The van der Waals surface area contributed by atoms with Crippen LogP contribution < -0.4 is 11.3 Å². The van der Waals surface area contributed by atoms with Gasteiger partial charge in [0, 0.05) is 0 Å². The summed E-state index contributed by atoms with van der Waals surface area (Å²) < 4.78 is 7.11. The first kappa shape index (κ1) is 11.9. The summed E-state index contributed by atoms with van der Waals surface area (Å²) >= 11 is 0. The molecule has 2 aromatic rings. The van der Waals surface area contributed by atoms with E-state index in [1.165, 1.54) is 6.33 Å². The number of aromatic nitrogens is 4. The molecule has 19 heavy (non-hydrogen) atoms. The van der Waals surface area contributed by atoms with Crippen LogP contribution >= 0.6 is 0 Å². The minimum atomic E-state index is -0.401. The molecule has 0 amide bonds. The number of aliphatic hydroxyl groups excluding tert-OH is 1. The molecule has 1 fully saturated rings. The normalized spacial score (nSPS) is 23.3. The molecule has 0 bridgehead atoms. The molecule has 8 heteroatoms. The number of imidazole rings is 1. The Morgan fingerprint density at radius 2 is 2.47 bits per heavy atom. The van der Waals surface area contributed by atoms with Crippen molar-refractivity contribution in [1.29, 1.82) is 0 Å². The third-order valence-electron chi connectivity index (χ3n) is 3.25. The maximum Gasteiger partial charge on any atom is 0.280 e. The lowest BCUT2D eigenvalue weighted by molar-refractivity contribution is 0.0689. The zero-order valence-corrected chi connectivity index (χ0v) is 10.0. The van der Waals surface area contributed by atoms with Gasteiger partial charge in [-0.05, 0) is 5.57 Å². The minimum Gasteiger partial charge on any atom is -0.393 e. The van der Waals surface area contributed by atoms with E-state index < -0.39 is 6.10 Å². The molecular formula is C11H13N5O3. The van der Waals surface area contributed by atoms with Gasteiger partial charge in [0.15, 0.2) is 11.2 Å². The highest BCUT2D eigenvalue weighted by Crippen LogP contribution is 2.30. The van der Waals surface area contributed by atoms with Gasteiger partial charge in [0.1, 0.15) is 6.10 Å². The van der Waals surface area contributed by atoms with Gasteiger partial charge in [0.25, 0.3) is 5.56 Å². The zero-order valence-electron chi connectivity index (χ0n) is 10.0. The molecule has 1 aliphatic heterocycles. The summed E-state index contributed by atoms with van der Waals surface area (Å²) in [7, 11) is 0. The molecule has 0 spiro atoms. The summed E-state index contributed by atoms with van der Waals surface area (Å²) in [4.78, 5) is 22.2. The highest BCUT2D eigenvalue weighted by molar-refractivity contribution is 5.70. The van der Waals surface area contributed by atoms with E-state index in [-0.39, 0.29) is 29.7 Å². The summed E-state index contributed by atoms with van der Waals surface area (Å²) in [5.74, 6) is 0.0301. The van der Waals surface area contributed by atoms with E-state index in [4.69, 9.17) is 15.6 Å². The lowest BCUT2D eigenvalue weighted by Gasteiger charge is -2.13. The van der Waals surface area contributed by atoms with E-state index in [9.17, 15) is 4.79 Å². The van der Waals surface area contributed by atoms with Crippen molar-refractivity contribution in [3.05, 3.63) is 28.8 Å². The van der Waals surface area contributed by atoms with Gasteiger partial charge < -0.3 is 20.1 Å². The maximum atomic E-state index is 11.7. The number of nitrogens with one attached hydrogen (secondary N) is 1. The monoisotopic (exact) mass is 263 g/mol. The number of nitrogens with zero attached hydrogens (tertiary/aromatic N) is 3. The molecule has 3 rings (SSSR count). The van der Waals surface area contributed by atoms with E-state index in [0.29, 0.717) is 12.3 Å². The molecule has 0 saturated carbocycles. The number of nitrogen functional groups attached to an aromatic ring is 1. The Morgan fingerprint density at radius 1 is 1.68 bits per heavy atom. The second kappa shape index (κ2) is 4.18. The SMILES string of the molecule is C=C1[C@H](n2cnc3c(=O)[nH]c(N)nc32)CO[C@@H]1CO. The van der Waals surface area contributed by atoms with Gasteiger partial charge >= 0.3 is 0 Å². The number of nitrogens with two attached hydrogens (primary N) is 1. The Morgan fingerprint density at radius 3 is 3.16 bits per heavy atom. The number of anilines is 1. The second-order valence-corrected chi connectivity index (χ2v) is 4.37. The minimum absolute atomic E-state index is 0.0301. The van der Waals surface area contributed by atoms with Crippen molar-refractivity contribution in [2.24, 2.45) is 0 Å². The van der Waals surface area contributed by atoms with Gasteiger partial charge in [-0.15, -0.1) is 0 Å². The van der Waals surface area contributed by atoms with Crippen molar-refractivity contribution in [3.63, 3.8) is 0 Å². The fourth-order valence-corrected chi connectivity index (χ4v) is 2.24. The predicted octanol–water partition coefficient (Wildman–Crippen LogP) is -0.810. The van der Waals surface area contributed by atoms with Gasteiger partial charge in [0.05, 0.1) is 25.6 Å². The van der Waals surface area contributed by atoms with Crippen LogP contribution in [0, 0.1) is 0 Å². The zero-order chi connectivity index (χ0) is 13.6. The molecule has 1 aliphatic rings. The first-order valence-corrected chi connectivity index (χ1v) is 5.75. The predicted molar refractivity (Wildman–Crippen MR) is 67.6 cm³/mol. The Labute approximate surface area is 107 Å². The van der Waals surface area contributed by atoms with Crippen LogP contribution in [0.25, 0.3) is 11.2 Å². The van der Waals surface area contributed by atoms with Crippen LogP contribution in [0.5, 0.6) is 0 Å². The standard InChI is InChI=1S/C11H13N5O3/c1-5-6(3-19-7(5)2-17)16-4-13-8-9(16)14-11(12)15-10(8)18/h4,6-7,17H,1-3H2,(H3,12,14,15,18)/t6-,7-/m1/s1. The van der Waals surface area contributed by atoms with Crippen LogP contribution in [0.1, 0.15) is 6.04 Å². The van der Waals surface area contributed by atoms with Crippen molar-refractivity contribution in [3.8, 4) is 0 Å². The number of hydrogen-bond donors (Lipinski definition) is 3. The van der Waals surface area contributed by atoms with Crippen LogP contribution in [0.3, 0.4) is 0 Å². The number of aromatic amines is 1. The van der Waals surface area contributed by atoms with Crippen LogP contribution in [0.4, 0.5) is 5.95 Å². The van der Waals surface area contributed by atoms with E-state index in [0.717, 1.165) is 5.57 Å². The van der Waals surface area contributed by atoms with Gasteiger partial charge in [0.2, 0.25) is 5.95 Å².